The number of hydrogen-bond donors (Lipinski definition) is 3. The fourth-order valence-corrected chi connectivity index (χ4v) is 2.86. The Morgan fingerprint density at radius 1 is 1.33 bits per heavy atom. The largest absolute Gasteiger partial charge is 0.391 e. The third kappa shape index (κ3) is 3.23. The third-order valence-electron chi connectivity index (χ3n) is 3.67. The highest BCUT2D eigenvalue weighted by molar-refractivity contribution is 6.30. The van der Waals surface area contributed by atoms with Gasteiger partial charge in [-0.2, -0.15) is 0 Å². The van der Waals surface area contributed by atoms with Crippen molar-refractivity contribution in [2.24, 2.45) is 5.92 Å². The van der Waals surface area contributed by atoms with E-state index in [4.69, 9.17) is 11.6 Å². The molecular weight excluding hydrogens is 248 g/mol. The Balaban J connectivity index is 1.90. The van der Waals surface area contributed by atoms with E-state index in [9.17, 15) is 5.11 Å². The van der Waals surface area contributed by atoms with E-state index in [1.165, 1.54) is 16.7 Å². The predicted molar refractivity (Wildman–Crippen MR) is 75.0 cm³/mol. The molecule has 1 aromatic carbocycles. The third-order valence-corrected chi connectivity index (χ3v) is 3.89. The van der Waals surface area contributed by atoms with Crippen LogP contribution in [0.1, 0.15) is 16.7 Å². The fourth-order valence-electron chi connectivity index (χ4n) is 2.53. The Labute approximate surface area is 114 Å². The van der Waals surface area contributed by atoms with Gasteiger partial charge >= 0.3 is 0 Å². The monoisotopic (exact) mass is 268 g/mol. The molecule has 3 nitrogen and oxygen atoms in total. The zero-order valence-electron chi connectivity index (χ0n) is 11.0. The SMILES string of the molecule is Cc1cc(Cl)cc(C)c1CNCC1CNCC1O. The van der Waals surface area contributed by atoms with E-state index >= 15 is 0 Å². The lowest BCUT2D eigenvalue weighted by Crippen LogP contribution is -2.30. The number of hydrogen-bond acceptors (Lipinski definition) is 3. The molecule has 100 valence electrons. The normalized spacial score (nSPS) is 23.6. The maximum absolute atomic E-state index is 9.71. The molecule has 2 unspecified atom stereocenters. The highest BCUT2D eigenvalue weighted by Gasteiger charge is 2.24. The molecule has 18 heavy (non-hydrogen) atoms. The summed E-state index contributed by atoms with van der Waals surface area (Å²) in [5, 5.41) is 17.1. The minimum absolute atomic E-state index is 0.218. The van der Waals surface area contributed by atoms with Gasteiger partial charge in [-0.05, 0) is 42.7 Å². The summed E-state index contributed by atoms with van der Waals surface area (Å²) in [6.07, 6.45) is -0.218. The van der Waals surface area contributed by atoms with Crippen LogP contribution in [0.2, 0.25) is 5.02 Å². The Morgan fingerprint density at radius 3 is 2.56 bits per heavy atom. The van der Waals surface area contributed by atoms with Crippen molar-refractivity contribution in [3.63, 3.8) is 0 Å². The molecule has 0 aliphatic carbocycles. The second-order valence-electron chi connectivity index (χ2n) is 5.13. The summed E-state index contributed by atoms with van der Waals surface area (Å²) in [6, 6.07) is 4.00. The van der Waals surface area contributed by atoms with E-state index in [1.807, 2.05) is 12.1 Å². The molecule has 1 aliphatic rings. The van der Waals surface area contributed by atoms with Crippen LogP contribution < -0.4 is 10.6 Å². The summed E-state index contributed by atoms with van der Waals surface area (Å²) in [7, 11) is 0. The predicted octanol–water partition coefficient (Wildman–Crippen LogP) is 1.63. The zero-order valence-corrected chi connectivity index (χ0v) is 11.7. The molecule has 1 aromatic rings. The summed E-state index contributed by atoms with van der Waals surface area (Å²) in [5.41, 5.74) is 3.75. The van der Waals surface area contributed by atoms with E-state index in [-0.39, 0.29) is 6.10 Å². The van der Waals surface area contributed by atoms with Gasteiger partial charge in [-0.25, -0.2) is 0 Å². The zero-order chi connectivity index (χ0) is 13.1. The number of halogens is 1. The molecule has 0 radical (unpaired) electrons. The van der Waals surface area contributed by atoms with Gasteiger partial charge in [0.05, 0.1) is 6.10 Å². The lowest BCUT2D eigenvalue weighted by atomic mass is 10.0. The van der Waals surface area contributed by atoms with Crippen molar-refractivity contribution in [3.8, 4) is 0 Å². The Morgan fingerprint density at radius 2 is 2.00 bits per heavy atom. The van der Waals surface area contributed by atoms with Crippen molar-refractivity contribution in [1.29, 1.82) is 0 Å². The van der Waals surface area contributed by atoms with Gasteiger partial charge in [-0.3, -0.25) is 0 Å². The molecule has 1 aliphatic heterocycles. The number of β-amino-alcohol motifs (C(OH)–C–C–N with tert-alkyl or cyclic N) is 1. The molecule has 2 rings (SSSR count). The summed E-state index contributed by atoms with van der Waals surface area (Å²) in [6.45, 7) is 7.45. The molecular formula is C14H21ClN2O. The first-order valence-corrected chi connectivity index (χ1v) is 6.81. The maximum atomic E-state index is 9.71. The van der Waals surface area contributed by atoms with Crippen LogP contribution in [0, 0.1) is 19.8 Å². The second-order valence-corrected chi connectivity index (χ2v) is 5.57. The topological polar surface area (TPSA) is 44.3 Å². The number of aliphatic hydroxyl groups excluding tert-OH is 1. The lowest BCUT2D eigenvalue weighted by Gasteiger charge is -2.16. The number of nitrogens with one attached hydrogen (secondary N) is 2. The van der Waals surface area contributed by atoms with E-state index < -0.39 is 0 Å². The summed E-state index contributed by atoms with van der Waals surface area (Å²) >= 11 is 6.02. The average Bonchev–Trinajstić information content (AvgIpc) is 2.68. The van der Waals surface area contributed by atoms with Crippen LogP contribution in [0.5, 0.6) is 0 Å². The summed E-state index contributed by atoms with van der Waals surface area (Å²) in [5.74, 6) is 0.318. The minimum atomic E-state index is -0.218. The van der Waals surface area contributed by atoms with E-state index in [2.05, 4.69) is 24.5 Å². The van der Waals surface area contributed by atoms with Crippen LogP contribution in [-0.4, -0.2) is 30.8 Å². The molecule has 0 saturated carbocycles. The Bertz CT molecular complexity index is 399. The lowest BCUT2D eigenvalue weighted by molar-refractivity contribution is 0.146. The van der Waals surface area contributed by atoms with Crippen LogP contribution >= 0.6 is 11.6 Å². The average molecular weight is 269 g/mol. The van der Waals surface area contributed by atoms with Gasteiger partial charge in [0.25, 0.3) is 0 Å². The first-order chi connectivity index (χ1) is 8.58. The summed E-state index contributed by atoms with van der Waals surface area (Å²) < 4.78 is 0. The van der Waals surface area contributed by atoms with Crippen molar-refractivity contribution in [1.82, 2.24) is 10.6 Å². The number of aryl methyl sites for hydroxylation is 2. The van der Waals surface area contributed by atoms with Crippen LogP contribution in [0.15, 0.2) is 12.1 Å². The molecule has 0 aromatic heterocycles. The Kier molecular flexibility index (Phi) is 4.62. The van der Waals surface area contributed by atoms with Crippen molar-refractivity contribution in [2.75, 3.05) is 19.6 Å². The van der Waals surface area contributed by atoms with Crippen molar-refractivity contribution >= 4 is 11.6 Å². The molecule has 1 heterocycles. The smallest absolute Gasteiger partial charge is 0.0716 e. The number of benzene rings is 1. The molecule has 0 bridgehead atoms. The van der Waals surface area contributed by atoms with Gasteiger partial charge in [-0.1, -0.05) is 11.6 Å². The van der Waals surface area contributed by atoms with Gasteiger partial charge in [-0.15, -0.1) is 0 Å². The van der Waals surface area contributed by atoms with Crippen molar-refractivity contribution < 1.29 is 5.11 Å². The van der Waals surface area contributed by atoms with E-state index in [1.54, 1.807) is 0 Å². The van der Waals surface area contributed by atoms with Crippen LogP contribution in [0.4, 0.5) is 0 Å². The van der Waals surface area contributed by atoms with Gasteiger partial charge in [0.15, 0.2) is 0 Å². The first kappa shape index (κ1) is 13.8. The standard InChI is InChI=1S/C14H21ClN2O/c1-9-3-12(15)4-10(2)13(9)7-16-5-11-6-17-8-14(11)18/h3-4,11,14,16-18H,5-8H2,1-2H3. The molecule has 0 spiro atoms. The highest BCUT2D eigenvalue weighted by Crippen LogP contribution is 2.20. The Hall–Kier alpha value is -0.610. The van der Waals surface area contributed by atoms with Crippen molar-refractivity contribution in [3.05, 3.63) is 33.8 Å². The first-order valence-electron chi connectivity index (χ1n) is 6.43. The molecule has 1 saturated heterocycles. The second kappa shape index (κ2) is 6.02. The molecule has 1 fully saturated rings. The quantitative estimate of drug-likeness (QED) is 0.778. The highest BCUT2D eigenvalue weighted by atomic mass is 35.5. The van der Waals surface area contributed by atoms with Gasteiger partial charge in [0, 0.05) is 37.1 Å². The van der Waals surface area contributed by atoms with E-state index in [0.29, 0.717) is 12.5 Å². The fraction of sp³-hybridized carbons (Fsp3) is 0.571. The van der Waals surface area contributed by atoms with E-state index in [0.717, 1.165) is 24.7 Å². The van der Waals surface area contributed by atoms with Gasteiger partial charge < -0.3 is 15.7 Å². The van der Waals surface area contributed by atoms with Gasteiger partial charge in [0.1, 0.15) is 0 Å². The minimum Gasteiger partial charge on any atom is -0.391 e. The van der Waals surface area contributed by atoms with Crippen molar-refractivity contribution in [2.45, 2.75) is 26.5 Å². The molecule has 0 amide bonds. The van der Waals surface area contributed by atoms with Gasteiger partial charge in [0.2, 0.25) is 0 Å². The van der Waals surface area contributed by atoms with Crippen LogP contribution in [0.3, 0.4) is 0 Å². The number of aliphatic hydroxyl groups is 1. The molecule has 3 N–H and O–H groups in total. The number of rotatable bonds is 4. The maximum Gasteiger partial charge on any atom is 0.0716 e. The van der Waals surface area contributed by atoms with Crippen LogP contribution in [-0.2, 0) is 6.54 Å². The molecule has 2 atom stereocenters. The summed E-state index contributed by atoms with van der Waals surface area (Å²) in [4.78, 5) is 0. The molecule has 4 heteroatoms. The van der Waals surface area contributed by atoms with Crippen LogP contribution in [0.25, 0.3) is 0 Å².